The molecular weight excluding hydrogens is 236 g/mol. The number of nitrogens with one attached hydrogen (secondary N) is 1. The van der Waals surface area contributed by atoms with Crippen LogP contribution in [0.15, 0.2) is 6.20 Å². The van der Waals surface area contributed by atoms with E-state index in [0.717, 1.165) is 32.0 Å². The molecular formula is C12H21ClN4. The third-order valence-electron chi connectivity index (χ3n) is 3.57. The standard InChI is InChI=1S/C12H21ClN4/c1-3-17(10-5-4-6-14-7-10)9-12-15-8-11(13)16(12)2/h8,10,14H,3-7,9H2,1-2H3. The van der Waals surface area contributed by atoms with Crippen molar-refractivity contribution in [1.29, 1.82) is 0 Å². The van der Waals surface area contributed by atoms with Crippen molar-refractivity contribution in [3.05, 3.63) is 17.2 Å². The van der Waals surface area contributed by atoms with E-state index in [2.05, 4.69) is 22.1 Å². The molecule has 1 aliphatic heterocycles. The molecule has 0 amide bonds. The second kappa shape index (κ2) is 5.85. The van der Waals surface area contributed by atoms with E-state index in [4.69, 9.17) is 11.6 Å². The molecule has 1 atom stereocenters. The third kappa shape index (κ3) is 3.00. The molecule has 96 valence electrons. The summed E-state index contributed by atoms with van der Waals surface area (Å²) in [5.74, 6) is 1.04. The van der Waals surface area contributed by atoms with Crippen LogP contribution in [-0.4, -0.2) is 40.1 Å². The van der Waals surface area contributed by atoms with Gasteiger partial charge in [0, 0.05) is 19.6 Å². The molecule has 1 saturated heterocycles. The van der Waals surface area contributed by atoms with Crippen molar-refractivity contribution in [1.82, 2.24) is 19.8 Å². The van der Waals surface area contributed by atoms with Crippen molar-refractivity contribution in [2.75, 3.05) is 19.6 Å². The lowest BCUT2D eigenvalue weighted by Crippen LogP contribution is -2.45. The van der Waals surface area contributed by atoms with Crippen LogP contribution >= 0.6 is 11.6 Å². The maximum absolute atomic E-state index is 6.01. The zero-order valence-electron chi connectivity index (χ0n) is 10.6. The first kappa shape index (κ1) is 12.9. The summed E-state index contributed by atoms with van der Waals surface area (Å²) in [5, 5.41) is 4.17. The molecule has 0 bridgehead atoms. The molecule has 17 heavy (non-hydrogen) atoms. The first-order chi connectivity index (χ1) is 8.22. The lowest BCUT2D eigenvalue weighted by atomic mass is 10.1. The molecule has 1 aliphatic rings. The van der Waals surface area contributed by atoms with Crippen LogP contribution in [0.5, 0.6) is 0 Å². The van der Waals surface area contributed by atoms with Crippen LogP contribution in [0.1, 0.15) is 25.6 Å². The van der Waals surface area contributed by atoms with E-state index in [1.807, 2.05) is 11.6 Å². The van der Waals surface area contributed by atoms with E-state index in [1.165, 1.54) is 12.8 Å². The van der Waals surface area contributed by atoms with Crippen LogP contribution in [0.3, 0.4) is 0 Å². The monoisotopic (exact) mass is 256 g/mol. The summed E-state index contributed by atoms with van der Waals surface area (Å²) in [6.07, 6.45) is 4.27. The summed E-state index contributed by atoms with van der Waals surface area (Å²) < 4.78 is 1.96. The Morgan fingerprint density at radius 3 is 3.00 bits per heavy atom. The highest BCUT2D eigenvalue weighted by molar-refractivity contribution is 6.29. The van der Waals surface area contributed by atoms with Crippen LogP contribution < -0.4 is 5.32 Å². The molecule has 2 heterocycles. The largest absolute Gasteiger partial charge is 0.321 e. The average Bonchev–Trinajstić information content (AvgIpc) is 2.68. The number of piperidine rings is 1. The van der Waals surface area contributed by atoms with Gasteiger partial charge in [-0.3, -0.25) is 4.90 Å². The molecule has 1 N–H and O–H groups in total. The Bertz CT molecular complexity index is 357. The Morgan fingerprint density at radius 2 is 2.47 bits per heavy atom. The van der Waals surface area contributed by atoms with Gasteiger partial charge in [-0.15, -0.1) is 0 Å². The first-order valence-electron chi connectivity index (χ1n) is 6.33. The molecule has 1 fully saturated rings. The van der Waals surface area contributed by atoms with E-state index in [1.54, 1.807) is 6.20 Å². The molecule has 0 aliphatic carbocycles. The van der Waals surface area contributed by atoms with Crippen molar-refractivity contribution in [3.8, 4) is 0 Å². The second-order valence-electron chi connectivity index (χ2n) is 4.62. The Morgan fingerprint density at radius 1 is 1.65 bits per heavy atom. The van der Waals surface area contributed by atoms with Crippen LogP contribution in [0.2, 0.25) is 5.15 Å². The van der Waals surface area contributed by atoms with Gasteiger partial charge in [0.2, 0.25) is 0 Å². The van der Waals surface area contributed by atoms with E-state index in [9.17, 15) is 0 Å². The fraction of sp³-hybridized carbons (Fsp3) is 0.750. The van der Waals surface area contributed by atoms with E-state index < -0.39 is 0 Å². The van der Waals surface area contributed by atoms with Gasteiger partial charge < -0.3 is 9.88 Å². The number of likely N-dealkylation sites (N-methyl/N-ethyl adjacent to an activating group) is 1. The highest BCUT2D eigenvalue weighted by atomic mass is 35.5. The van der Waals surface area contributed by atoms with E-state index >= 15 is 0 Å². The molecule has 0 aromatic carbocycles. The highest BCUT2D eigenvalue weighted by Crippen LogP contribution is 2.15. The van der Waals surface area contributed by atoms with Crippen LogP contribution in [-0.2, 0) is 13.6 Å². The smallest absolute Gasteiger partial charge is 0.128 e. The number of halogens is 1. The second-order valence-corrected chi connectivity index (χ2v) is 5.01. The SMILES string of the molecule is CCN(Cc1ncc(Cl)n1C)C1CCCNC1. The summed E-state index contributed by atoms with van der Waals surface area (Å²) in [4.78, 5) is 6.84. The number of rotatable bonds is 4. The molecule has 1 aromatic heterocycles. The minimum atomic E-state index is 0.629. The molecule has 2 rings (SSSR count). The van der Waals surface area contributed by atoms with Gasteiger partial charge in [-0.1, -0.05) is 18.5 Å². The van der Waals surface area contributed by atoms with Gasteiger partial charge in [-0.2, -0.15) is 0 Å². The van der Waals surface area contributed by atoms with Crippen molar-refractivity contribution in [2.24, 2.45) is 7.05 Å². The van der Waals surface area contributed by atoms with Gasteiger partial charge in [0.15, 0.2) is 0 Å². The lowest BCUT2D eigenvalue weighted by Gasteiger charge is -2.33. The van der Waals surface area contributed by atoms with E-state index in [0.29, 0.717) is 11.2 Å². The molecule has 0 saturated carbocycles. The zero-order valence-corrected chi connectivity index (χ0v) is 11.4. The summed E-state index contributed by atoms with van der Waals surface area (Å²) in [6, 6.07) is 0.629. The van der Waals surface area contributed by atoms with E-state index in [-0.39, 0.29) is 0 Å². The Hall–Kier alpha value is -0.580. The molecule has 0 radical (unpaired) electrons. The lowest BCUT2D eigenvalue weighted by molar-refractivity contribution is 0.161. The molecule has 5 heteroatoms. The minimum Gasteiger partial charge on any atom is -0.321 e. The highest BCUT2D eigenvalue weighted by Gasteiger charge is 2.21. The number of aromatic nitrogens is 2. The Balaban J connectivity index is 2.01. The Kier molecular flexibility index (Phi) is 4.42. The maximum atomic E-state index is 6.01. The average molecular weight is 257 g/mol. The zero-order chi connectivity index (χ0) is 12.3. The predicted molar refractivity (Wildman–Crippen MR) is 70.2 cm³/mol. The number of hydrogen-bond acceptors (Lipinski definition) is 3. The van der Waals surface area contributed by atoms with Gasteiger partial charge in [-0.05, 0) is 25.9 Å². The van der Waals surface area contributed by atoms with Crippen LogP contribution in [0.4, 0.5) is 0 Å². The topological polar surface area (TPSA) is 33.1 Å². The predicted octanol–water partition coefficient (Wildman–Crippen LogP) is 1.65. The van der Waals surface area contributed by atoms with Crippen molar-refractivity contribution in [3.63, 3.8) is 0 Å². The fourth-order valence-electron chi connectivity index (χ4n) is 2.40. The van der Waals surface area contributed by atoms with Crippen LogP contribution in [0, 0.1) is 0 Å². The van der Waals surface area contributed by atoms with Crippen LogP contribution in [0.25, 0.3) is 0 Å². The van der Waals surface area contributed by atoms with Gasteiger partial charge >= 0.3 is 0 Å². The van der Waals surface area contributed by atoms with Gasteiger partial charge in [0.05, 0.1) is 12.7 Å². The molecule has 4 nitrogen and oxygen atoms in total. The summed E-state index contributed by atoms with van der Waals surface area (Å²) in [7, 11) is 1.97. The summed E-state index contributed by atoms with van der Waals surface area (Å²) in [5.41, 5.74) is 0. The number of imidazole rings is 1. The first-order valence-corrected chi connectivity index (χ1v) is 6.71. The van der Waals surface area contributed by atoms with Crippen molar-refractivity contribution >= 4 is 11.6 Å². The van der Waals surface area contributed by atoms with Gasteiger partial charge in [-0.25, -0.2) is 4.98 Å². The Labute approximate surface area is 108 Å². The molecule has 0 spiro atoms. The summed E-state index contributed by atoms with van der Waals surface area (Å²) >= 11 is 6.01. The fourth-order valence-corrected chi connectivity index (χ4v) is 2.54. The van der Waals surface area contributed by atoms with Gasteiger partial charge in [0.1, 0.15) is 11.0 Å². The quantitative estimate of drug-likeness (QED) is 0.889. The van der Waals surface area contributed by atoms with Crippen molar-refractivity contribution in [2.45, 2.75) is 32.4 Å². The van der Waals surface area contributed by atoms with Crippen molar-refractivity contribution < 1.29 is 0 Å². The number of nitrogens with zero attached hydrogens (tertiary/aromatic N) is 3. The maximum Gasteiger partial charge on any atom is 0.128 e. The normalized spacial score (nSPS) is 21.1. The summed E-state index contributed by atoms with van der Waals surface area (Å²) in [6.45, 7) is 6.39. The number of hydrogen-bond donors (Lipinski definition) is 1. The van der Waals surface area contributed by atoms with Gasteiger partial charge in [0.25, 0.3) is 0 Å². The molecule has 1 aromatic rings. The minimum absolute atomic E-state index is 0.629. The third-order valence-corrected chi connectivity index (χ3v) is 3.92. The molecule has 1 unspecified atom stereocenters.